The Morgan fingerprint density at radius 2 is 1.87 bits per heavy atom. The maximum atomic E-state index is 11.5. The highest BCUT2D eigenvalue weighted by molar-refractivity contribution is 6.04. The van der Waals surface area contributed by atoms with Crippen molar-refractivity contribution in [2.45, 2.75) is 6.92 Å². The quantitative estimate of drug-likeness (QED) is 0.722. The Labute approximate surface area is 87.9 Å². The molecule has 78 valence electrons. The molecular weight excluding hydrogens is 192 g/mol. The number of piperazine rings is 1. The molecule has 0 aliphatic carbocycles. The van der Waals surface area contributed by atoms with Crippen LogP contribution in [0.25, 0.3) is 0 Å². The number of rotatable bonds is 1. The van der Waals surface area contributed by atoms with Gasteiger partial charge in [-0.25, -0.2) is 0 Å². The number of nitrogens with one attached hydrogen (secondary N) is 1. The highest BCUT2D eigenvalue weighted by Crippen LogP contribution is 2.16. The molecule has 0 spiro atoms. The maximum absolute atomic E-state index is 11.5. The summed E-state index contributed by atoms with van der Waals surface area (Å²) in [6.07, 6.45) is 0. The van der Waals surface area contributed by atoms with E-state index < -0.39 is 0 Å². The SMILES string of the molecule is Cc1ccc(N2CC(=O)NCC2=O)cc1. The molecule has 2 rings (SSSR count). The number of benzene rings is 1. The van der Waals surface area contributed by atoms with Crippen molar-refractivity contribution in [3.8, 4) is 0 Å². The van der Waals surface area contributed by atoms with Gasteiger partial charge in [-0.1, -0.05) is 17.7 Å². The first kappa shape index (κ1) is 9.71. The lowest BCUT2D eigenvalue weighted by atomic mass is 10.2. The van der Waals surface area contributed by atoms with E-state index in [4.69, 9.17) is 0 Å². The molecular formula is C11H12N2O2. The summed E-state index contributed by atoms with van der Waals surface area (Å²) in [6.45, 7) is 2.18. The van der Waals surface area contributed by atoms with E-state index in [9.17, 15) is 9.59 Å². The fraction of sp³-hybridized carbons (Fsp3) is 0.273. The van der Waals surface area contributed by atoms with E-state index in [-0.39, 0.29) is 24.9 Å². The van der Waals surface area contributed by atoms with Crippen LogP contribution in [0.2, 0.25) is 0 Å². The minimum absolute atomic E-state index is 0.0709. The molecule has 1 aliphatic rings. The predicted octanol–water partition coefficient (Wildman–Crippen LogP) is 0.458. The number of hydrogen-bond acceptors (Lipinski definition) is 2. The Balaban J connectivity index is 2.25. The van der Waals surface area contributed by atoms with Crippen LogP contribution >= 0.6 is 0 Å². The van der Waals surface area contributed by atoms with E-state index in [1.165, 1.54) is 4.90 Å². The topological polar surface area (TPSA) is 49.4 Å². The summed E-state index contributed by atoms with van der Waals surface area (Å²) in [7, 11) is 0. The number of nitrogens with zero attached hydrogens (tertiary/aromatic N) is 1. The summed E-state index contributed by atoms with van der Waals surface area (Å²) in [5, 5.41) is 2.51. The van der Waals surface area contributed by atoms with Gasteiger partial charge in [-0.05, 0) is 19.1 Å². The molecule has 4 heteroatoms. The summed E-state index contributed by atoms with van der Waals surface area (Å²) in [5.74, 6) is -0.186. The van der Waals surface area contributed by atoms with Gasteiger partial charge in [0.15, 0.2) is 0 Å². The molecule has 0 radical (unpaired) electrons. The first-order chi connectivity index (χ1) is 7.16. The third kappa shape index (κ3) is 1.98. The van der Waals surface area contributed by atoms with Crippen LogP contribution in [0.5, 0.6) is 0 Å². The Morgan fingerprint density at radius 3 is 2.53 bits per heavy atom. The zero-order chi connectivity index (χ0) is 10.8. The molecule has 1 N–H and O–H groups in total. The number of carbonyl (C=O) groups is 2. The molecule has 0 unspecified atom stereocenters. The Morgan fingerprint density at radius 1 is 1.20 bits per heavy atom. The molecule has 0 saturated carbocycles. The van der Waals surface area contributed by atoms with Crippen molar-refractivity contribution >= 4 is 17.5 Å². The zero-order valence-corrected chi connectivity index (χ0v) is 8.49. The molecule has 0 aromatic heterocycles. The lowest BCUT2D eigenvalue weighted by Gasteiger charge is -2.26. The second-order valence-corrected chi connectivity index (χ2v) is 3.59. The first-order valence-corrected chi connectivity index (χ1v) is 4.80. The molecule has 15 heavy (non-hydrogen) atoms. The number of carbonyl (C=O) groups excluding carboxylic acids is 2. The molecule has 4 nitrogen and oxygen atoms in total. The third-order valence-electron chi connectivity index (χ3n) is 2.39. The third-order valence-corrected chi connectivity index (χ3v) is 2.39. The van der Waals surface area contributed by atoms with Crippen molar-refractivity contribution in [1.82, 2.24) is 5.32 Å². The van der Waals surface area contributed by atoms with Crippen molar-refractivity contribution < 1.29 is 9.59 Å². The van der Waals surface area contributed by atoms with Gasteiger partial charge in [0.1, 0.15) is 6.54 Å². The largest absolute Gasteiger partial charge is 0.345 e. The molecule has 1 saturated heterocycles. The highest BCUT2D eigenvalue weighted by atomic mass is 16.2. The van der Waals surface area contributed by atoms with Gasteiger partial charge in [-0.3, -0.25) is 9.59 Å². The molecule has 1 heterocycles. The second-order valence-electron chi connectivity index (χ2n) is 3.59. The number of hydrogen-bond donors (Lipinski definition) is 1. The predicted molar refractivity (Wildman–Crippen MR) is 56.5 cm³/mol. The lowest BCUT2D eigenvalue weighted by molar-refractivity contribution is -0.128. The van der Waals surface area contributed by atoms with Crippen molar-refractivity contribution in [1.29, 1.82) is 0 Å². The van der Waals surface area contributed by atoms with E-state index in [0.717, 1.165) is 11.3 Å². The van der Waals surface area contributed by atoms with Gasteiger partial charge < -0.3 is 10.2 Å². The first-order valence-electron chi connectivity index (χ1n) is 4.80. The second kappa shape index (κ2) is 3.73. The zero-order valence-electron chi connectivity index (χ0n) is 8.49. The normalized spacial score (nSPS) is 16.5. The van der Waals surface area contributed by atoms with E-state index >= 15 is 0 Å². The molecule has 2 amide bonds. The number of aryl methyl sites for hydroxylation is 1. The van der Waals surface area contributed by atoms with Crippen LogP contribution in [0.15, 0.2) is 24.3 Å². The van der Waals surface area contributed by atoms with Gasteiger partial charge >= 0.3 is 0 Å². The van der Waals surface area contributed by atoms with Crippen LogP contribution in [0, 0.1) is 6.92 Å². The van der Waals surface area contributed by atoms with E-state index in [1.807, 2.05) is 31.2 Å². The van der Waals surface area contributed by atoms with Crippen molar-refractivity contribution in [3.63, 3.8) is 0 Å². The van der Waals surface area contributed by atoms with Crippen molar-refractivity contribution in [3.05, 3.63) is 29.8 Å². The molecule has 0 bridgehead atoms. The van der Waals surface area contributed by atoms with Crippen molar-refractivity contribution in [2.75, 3.05) is 18.0 Å². The van der Waals surface area contributed by atoms with Gasteiger partial charge in [0.2, 0.25) is 11.8 Å². The fourth-order valence-corrected chi connectivity index (χ4v) is 1.52. The Hall–Kier alpha value is -1.84. The lowest BCUT2D eigenvalue weighted by Crippen LogP contribution is -2.51. The maximum Gasteiger partial charge on any atom is 0.246 e. The number of amides is 2. The van der Waals surface area contributed by atoms with Gasteiger partial charge in [0, 0.05) is 5.69 Å². The average molecular weight is 204 g/mol. The molecule has 0 atom stereocenters. The molecule has 1 aromatic rings. The van der Waals surface area contributed by atoms with E-state index in [0.29, 0.717) is 0 Å². The Bertz CT molecular complexity index is 398. The van der Waals surface area contributed by atoms with Crippen LogP contribution in [-0.4, -0.2) is 24.9 Å². The minimum Gasteiger partial charge on any atom is -0.345 e. The van der Waals surface area contributed by atoms with Gasteiger partial charge in [-0.15, -0.1) is 0 Å². The minimum atomic E-state index is -0.116. The summed E-state index contributed by atoms with van der Waals surface area (Å²) in [4.78, 5) is 24.2. The smallest absolute Gasteiger partial charge is 0.246 e. The monoisotopic (exact) mass is 204 g/mol. The van der Waals surface area contributed by atoms with Crippen LogP contribution in [0.3, 0.4) is 0 Å². The van der Waals surface area contributed by atoms with E-state index in [1.54, 1.807) is 0 Å². The van der Waals surface area contributed by atoms with Crippen LogP contribution in [0.4, 0.5) is 5.69 Å². The van der Waals surface area contributed by atoms with Gasteiger partial charge in [0.25, 0.3) is 0 Å². The van der Waals surface area contributed by atoms with Gasteiger partial charge in [-0.2, -0.15) is 0 Å². The van der Waals surface area contributed by atoms with Crippen LogP contribution in [0.1, 0.15) is 5.56 Å². The summed E-state index contributed by atoms with van der Waals surface area (Å²) in [5.41, 5.74) is 1.91. The summed E-state index contributed by atoms with van der Waals surface area (Å²) in [6, 6.07) is 7.56. The van der Waals surface area contributed by atoms with Crippen molar-refractivity contribution in [2.24, 2.45) is 0 Å². The molecule has 1 fully saturated rings. The van der Waals surface area contributed by atoms with Crippen LogP contribution < -0.4 is 10.2 Å². The summed E-state index contributed by atoms with van der Waals surface area (Å²) < 4.78 is 0. The molecule has 1 aliphatic heterocycles. The fourth-order valence-electron chi connectivity index (χ4n) is 1.52. The highest BCUT2D eigenvalue weighted by Gasteiger charge is 2.23. The average Bonchev–Trinajstić information content (AvgIpc) is 2.23. The van der Waals surface area contributed by atoms with Gasteiger partial charge in [0.05, 0.1) is 6.54 Å². The van der Waals surface area contributed by atoms with E-state index in [2.05, 4.69) is 5.32 Å². The number of anilines is 1. The summed E-state index contributed by atoms with van der Waals surface area (Å²) >= 11 is 0. The standard InChI is InChI=1S/C11H12N2O2/c1-8-2-4-9(5-3-8)13-7-10(14)12-6-11(13)15/h2-5H,6-7H2,1H3,(H,12,14). The molecule has 1 aromatic carbocycles. The Kier molecular flexibility index (Phi) is 2.41. The van der Waals surface area contributed by atoms with Crippen LogP contribution in [-0.2, 0) is 9.59 Å².